The van der Waals surface area contributed by atoms with Gasteiger partial charge in [0.1, 0.15) is 17.8 Å². The van der Waals surface area contributed by atoms with Crippen molar-refractivity contribution in [1.29, 1.82) is 0 Å². The summed E-state index contributed by atoms with van der Waals surface area (Å²) >= 11 is 6.17. The number of nitrogen functional groups attached to an aromatic ring is 1. The lowest BCUT2D eigenvalue weighted by molar-refractivity contribution is 0.0828. The van der Waals surface area contributed by atoms with Crippen LogP contribution < -0.4 is 11.1 Å². The van der Waals surface area contributed by atoms with Crippen LogP contribution in [0.2, 0.25) is 5.02 Å². The summed E-state index contributed by atoms with van der Waals surface area (Å²) < 4.78 is 4.39. The Labute approximate surface area is 244 Å². The second-order valence-electron chi connectivity index (χ2n) is 11.5. The minimum atomic E-state index is 0.413. The number of fused-ring (bicyclic) bond motifs is 2. The molecule has 41 heavy (non-hydrogen) atoms. The molecular formula is C31H36ClN9. The zero-order valence-electron chi connectivity index (χ0n) is 23.6. The number of nitrogens with zero attached hydrogens (tertiary/aromatic N) is 7. The summed E-state index contributed by atoms with van der Waals surface area (Å²) in [7, 11) is 4.22. The second-order valence-corrected chi connectivity index (χ2v) is 12.0. The molecule has 2 aromatic carbocycles. The molecule has 1 aliphatic heterocycles. The number of halogens is 1. The third-order valence-corrected chi connectivity index (χ3v) is 9.28. The Morgan fingerprint density at radius 2 is 1.63 bits per heavy atom. The van der Waals surface area contributed by atoms with E-state index in [9.17, 15) is 0 Å². The zero-order chi connectivity index (χ0) is 28.1. The molecule has 1 aliphatic carbocycles. The molecule has 0 bridgehead atoms. The minimum Gasteiger partial charge on any atom is -0.383 e. The van der Waals surface area contributed by atoms with E-state index in [1.807, 2.05) is 29.8 Å². The average molecular weight is 570 g/mol. The van der Waals surface area contributed by atoms with Crippen molar-refractivity contribution in [1.82, 2.24) is 33.9 Å². The standard InChI is InChI=1S/C31H36ClN9/c1-38-13-15-40(16-14-38)23-8-10-24(11-9-23)41-18-25(28-29(33)34-19-35-30(28)41)20-3-6-22(7-4-20)36-31-37-26-17-21(32)5-12-27(26)39(31)2/h3-7,12,17-19,23-24H,8-11,13-16H2,1-2H3,(H,36,37)(H2,33,34,35)/t23-,24-. The first-order valence-electron chi connectivity index (χ1n) is 14.5. The lowest BCUT2D eigenvalue weighted by Crippen LogP contribution is -2.49. The normalized spacial score (nSPS) is 20.7. The van der Waals surface area contributed by atoms with Crippen LogP contribution in [0, 0.1) is 0 Å². The van der Waals surface area contributed by atoms with Crippen LogP contribution in [-0.4, -0.2) is 73.2 Å². The van der Waals surface area contributed by atoms with E-state index in [2.05, 4.69) is 62.2 Å². The molecule has 0 unspecified atom stereocenters. The van der Waals surface area contributed by atoms with Crippen LogP contribution in [0.4, 0.5) is 17.5 Å². The smallest absolute Gasteiger partial charge is 0.208 e. The van der Waals surface area contributed by atoms with E-state index >= 15 is 0 Å². The molecule has 3 aromatic heterocycles. The number of nitrogens with one attached hydrogen (secondary N) is 1. The van der Waals surface area contributed by atoms with E-state index in [-0.39, 0.29) is 0 Å². The van der Waals surface area contributed by atoms with Crippen molar-refractivity contribution in [3.63, 3.8) is 0 Å². The molecule has 4 heterocycles. The molecule has 0 spiro atoms. The number of hydrogen-bond donors (Lipinski definition) is 2. The summed E-state index contributed by atoms with van der Waals surface area (Å²) in [5.41, 5.74) is 12.4. The molecule has 2 aliphatic rings. The number of aromatic nitrogens is 5. The van der Waals surface area contributed by atoms with Crippen molar-refractivity contribution in [2.75, 3.05) is 44.3 Å². The number of aryl methyl sites for hydroxylation is 1. The molecular weight excluding hydrogens is 534 g/mol. The van der Waals surface area contributed by atoms with E-state index < -0.39 is 0 Å². The van der Waals surface area contributed by atoms with E-state index in [0.29, 0.717) is 22.9 Å². The Balaban J connectivity index is 1.13. The van der Waals surface area contributed by atoms with Crippen molar-refractivity contribution < 1.29 is 0 Å². The monoisotopic (exact) mass is 569 g/mol. The summed E-state index contributed by atoms with van der Waals surface area (Å²) in [6.45, 7) is 4.71. The van der Waals surface area contributed by atoms with E-state index in [1.54, 1.807) is 6.33 Å². The summed E-state index contributed by atoms with van der Waals surface area (Å²) in [4.78, 5) is 18.9. The zero-order valence-corrected chi connectivity index (χ0v) is 24.3. The van der Waals surface area contributed by atoms with Gasteiger partial charge in [0, 0.05) is 67.8 Å². The van der Waals surface area contributed by atoms with E-state index in [1.165, 1.54) is 39.0 Å². The number of rotatable bonds is 5. The van der Waals surface area contributed by atoms with Crippen molar-refractivity contribution >= 4 is 51.1 Å². The summed E-state index contributed by atoms with van der Waals surface area (Å²) in [5, 5.41) is 5.06. The highest BCUT2D eigenvalue weighted by Gasteiger charge is 2.30. The fourth-order valence-electron chi connectivity index (χ4n) is 6.64. The third-order valence-electron chi connectivity index (χ3n) is 9.05. The van der Waals surface area contributed by atoms with Crippen LogP contribution in [0.25, 0.3) is 33.2 Å². The van der Waals surface area contributed by atoms with Crippen LogP contribution in [-0.2, 0) is 7.05 Å². The van der Waals surface area contributed by atoms with Crippen molar-refractivity contribution in [2.24, 2.45) is 7.05 Å². The Morgan fingerprint density at radius 3 is 2.39 bits per heavy atom. The third kappa shape index (κ3) is 4.92. The molecule has 0 radical (unpaired) electrons. The van der Waals surface area contributed by atoms with Crippen LogP contribution in [0.15, 0.2) is 55.0 Å². The Bertz CT molecular complexity index is 1690. The van der Waals surface area contributed by atoms with Gasteiger partial charge in [-0.1, -0.05) is 23.7 Å². The fraction of sp³-hybridized carbons (Fsp3) is 0.387. The number of benzene rings is 2. The van der Waals surface area contributed by atoms with Gasteiger partial charge in [0.2, 0.25) is 5.95 Å². The molecule has 1 saturated heterocycles. The number of imidazole rings is 1. The highest BCUT2D eigenvalue weighted by Crippen LogP contribution is 2.39. The first kappa shape index (κ1) is 26.3. The number of nitrogens with two attached hydrogens (primary N) is 1. The predicted molar refractivity (Wildman–Crippen MR) is 167 cm³/mol. The first-order valence-corrected chi connectivity index (χ1v) is 14.9. The molecule has 212 valence electrons. The van der Waals surface area contributed by atoms with Crippen LogP contribution in [0.1, 0.15) is 31.7 Å². The topological polar surface area (TPSA) is 93.1 Å². The van der Waals surface area contributed by atoms with Crippen LogP contribution in [0.3, 0.4) is 0 Å². The number of likely N-dealkylation sites (N-methyl/N-ethyl adjacent to an activating group) is 1. The molecule has 3 N–H and O–H groups in total. The van der Waals surface area contributed by atoms with E-state index in [4.69, 9.17) is 27.3 Å². The van der Waals surface area contributed by atoms with E-state index in [0.717, 1.165) is 57.7 Å². The van der Waals surface area contributed by atoms with Crippen molar-refractivity contribution in [2.45, 2.75) is 37.8 Å². The van der Waals surface area contributed by atoms with Gasteiger partial charge in [-0.25, -0.2) is 15.0 Å². The van der Waals surface area contributed by atoms with Gasteiger partial charge in [-0.05, 0) is 68.6 Å². The first-order chi connectivity index (χ1) is 19.9. The molecule has 9 nitrogen and oxygen atoms in total. The highest BCUT2D eigenvalue weighted by molar-refractivity contribution is 6.31. The maximum absolute atomic E-state index is 6.46. The fourth-order valence-corrected chi connectivity index (χ4v) is 6.81. The second kappa shape index (κ2) is 10.6. The van der Waals surface area contributed by atoms with Gasteiger partial charge in [0.25, 0.3) is 0 Å². The minimum absolute atomic E-state index is 0.413. The Hall–Kier alpha value is -3.66. The van der Waals surface area contributed by atoms with Gasteiger partial charge in [0.15, 0.2) is 0 Å². The van der Waals surface area contributed by atoms with Crippen molar-refractivity contribution in [3.05, 3.63) is 60.0 Å². The SMILES string of the molecule is CN1CCN([C@H]2CC[C@H](n3cc(-c4ccc(Nc5nc6cc(Cl)ccc6n5C)cc4)c4c(N)ncnc43)CC2)CC1. The molecule has 0 atom stereocenters. The van der Waals surface area contributed by atoms with Gasteiger partial charge < -0.3 is 25.1 Å². The molecule has 0 amide bonds. The van der Waals surface area contributed by atoms with Gasteiger partial charge >= 0.3 is 0 Å². The van der Waals surface area contributed by atoms with Crippen LogP contribution in [0.5, 0.6) is 0 Å². The van der Waals surface area contributed by atoms with Gasteiger partial charge in [0.05, 0.1) is 16.4 Å². The number of piperazine rings is 1. The summed E-state index contributed by atoms with van der Waals surface area (Å²) in [6.07, 6.45) is 8.57. The van der Waals surface area contributed by atoms with Gasteiger partial charge in [-0.15, -0.1) is 0 Å². The maximum Gasteiger partial charge on any atom is 0.208 e. The molecule has 7 rings (SSSR count). The van der Waals surface area contributed by atoms with Gasteiger partial charge in [-0.3, -0.25) is 4.90 Å². The number of anilines is 3. The summed E-state index contributed by atoms with van der Waals surface area (Å²) in [5.74, 6) is 1.28. The lowest BCUT2D eigenvalue weighted by atomic mass is 9.89. The van der Waals surface area contributed by atoms with Gasteiger partial charge in [-0.2, -0.15) is 0 Å². The largest absolute Gasteiger partial charge is 0.383 e. The molecule has 5 aromatic rings. The van der Waals surface area contributed by atoms with Crippen LogP contribution >= 0.6 is 11.6 Å². The average Bonchev–Trinajstić information content (AvgIpc) is 3.52. The highest BCUT2D eigenvalue weighted by atomic mass is 35.5. The Kier molecular flexibility index (Phi) is 6.81. The molecule has 2 fully saturated rings. The predicted octanol–water partition coefficient (Wildman–Crippen LogP) is 5.70. The quantitative estimate of drug-likeness (QED) is 0.281. The molecule has 10 heteroatoms. The number of hydrogen-bond acceptors (Lipinski definition) is 7. The van der Waals surface area contributed by atoms with Crippen molar-refractivity contribution in [3.8, 4) is 11.1 Å². The lowest BCUT2D eigenvalue weighted by Gasteiger charge is -2.41. The maximum atomic E-state index is 6.46. The summed E-state index contributed by atoms with van der Waals surface area (Å²) in [6, 6.07) is 15.3. The molecule has 1 saturated carbocycles. The Morgan fingerprint density at radius 1 is 0.902 bits per heavy atom.